The fraction of sp³-hybridized carbons (Fsp3) is 0.308. The monoisotopic (exact) mass is 334 g/mol. The van der Waals surface area contributed by atoms with Crippen molar-refractivity contribution in [3.63, 3.8) is 0 Å². The average Bonchev–Trinajstić information content (AvgIpc) is 2.46. The SMILES string of the molecule is NC(=O)c1ccc(S(=O)(=O)N2CC=C(C(F)(F)F)CC2)cc1. The fourth-order valence-electron chi connectivity index (χ4n) is 2.07. The van der Waals surface area contributed by atoms with Crippen LogP contribution >= 0.6 is 0 Å². The molecule has 2 rings (SSSR count). The van der Waals surface area contributed by atoms with Crippen molar-refractivity contribution in [2.75, 3.05) is 13.1 Å². The average molecular weight is 334 g/mol. The van der Waals surface area contributed by atoms with Crippen LogP contribution in [-0.4, -0.2) is 37.9 Å². The number of benzene rings is 1. The van der Waals surface area contributed by atoms with Crippen LogP contribution in [0.2, 0.25) is 0 Å². The second kappa shape index (κ2) is 5.73. The quantitative estimate of drug-likeness (QED) is 0.854. The number of carbonyl (C=O) groups is 1. The zero-order valence-electron chi connectivity index (χ0n) is 11.3. The van der Waals surface area contributed by atoms with Crippen LogP contribution in [-0.2, 0) is 10.0 Å². The van der Waals surface area contributed by atoms with Gasteiger partial charge >= 0.3 is 6.18 Å². The molecule has 0 unspecified atom stereocenters. The van der Waals surface area contributed by atoms with Crippen molar-refractivity contribution in [3.8, 4) is 0 Å². The first-order valence-corrected chi connectivity index (χ1v) is 7.72. The van der Waals surface area contributed by atoms with Crippen LogP contribution in [0.1, 0.15) is 16.8 Å². The molecule has 0 spiro atoms. The summed E-state index contributed by atoms with van der Waals surface area (Å²) in [6, 6.07) is 4.93. The Balaban J connectivity index is 2.22. The summed E-state index contributed by atoms with van der Waals surface area (Å²) < 4.78 is 63.2. The normalized spacial score (nSPS) is 17.1. The van der Waals surface area contributed by atoms with E-state index in [4.69, 9.17) is 5.73 Å². The van der Waals surface area contributed by atoms with Crippen LogP contribution in [0.4, 0.5) is 13.2 Å². The van der Waals surface area contributed by atoms with Gasteiger partial charge in [-0.1, -0.05) is 6.08 Å². The molecule has 0 saturated heterocycles. The Hall–Kier alpha value is -1.87. The summed E-state index contributed by atoms with van der Waals surface area (Å²) in [6.45, 7) is -0.583. The van der Waals surface area contributed by atoms with Crippen LogP contribution in [0.5, 0.6) is 0 Å². The maximum atomic E-state index is 12.5. The van der Waals surface area contributed by atoms with Gasteiger partial charge in [0.05, 0.1) is 4.90 Å². The first kappa shape index (κ1) is 16.5. The first-order valence-electron chi connectivity index (χ1n) is 6.28. The number of halogens is 3. The highest BCUT2D eigenvalue weighted by atomic mass is 32.2. The summed E-state index contributed by atoms with van der Waals surface area (Å²) in [5.41, 5.74) is 4.49. The van der Waals surface area contributed by atoms with Gasteiger partial charge in [0.25, 0.3) is 0 Å². The van der Waals surface area contributed by atoms with Crippen molar-refractivity contribution in [2.45, 2.75) is 17.5 Å². The number of hydrogen-bond donors (Lipinski definition) is 1. The highest BCUT2D eigenvalue weighted by Crippen LogP contribution is 2.31. The molecule has 22 heavy (non-hydrogen) atoms. The third-order valence-electron chi connectivity index (χ3n) is 3.31. The zero-order valence-corrected chi connectivity index (χ0v) is 12.1. The Morgan fingerprint density at radius 3 is 2.18 bits per heavy atom. The summed E-state index contributed by atoms with van der Waals surface area (Å²) in [6.07, 6.45) is -3.94. The molecule has 1 aromatic carbocycles. The topological polar surface area (TPSA) is 80.5 Å². The molecule has 0 atom stereocenters. The van der Waals surface area contributed by atoms with Gasteiger partial charge in [-0.3, -0.25) is 4.79 Å². The van der Waals surface area contributed by atoms with Crippen molar-refractivity contribution in [1.29, 1.82) is 0 Å². The lowest BCUT2D eigenvalue weighted by atomic mass is 10.1. The van der Waals surface area contributed by atoms with Crippen LogP contribution in [0.25, 0.3) is 0 Å². The summed E-state index contributed by atoms with van der Waals surface area (Å²) in [4.78, 5) is 10.8. The van der Waals surface area contributed by atoms with E-state index in [-0.39, 0.29) is 30.0 Å². The second-order valence-electron chi connectivity index (χ2n) is 4.73. The van der Waals surface area contributed by atoms with Gasteiger partial charge in [0.1, 0.15) is 0 Å². The molecular weight excluding hydrogens is 321 g/mol. The number of rotatable bonds is 3. The Morgan fingerprint density at radius 1 is 1.18 bits per heavy atom. The molecule has 0 radical (unpaired) electrons. The molecule has 0 saturated carbocycles. The molecule has 1 aromatic rings. The van der Waals surface area contributed by atoms with Crippen LogP contribution < -0.4 is 5.73 Å². The van der Waals surface area contributed by atoms with Crippen molar-refractivity contribution < 1.29 is 26.4 Å². The van der Waals surface area contributed by atoms with Gasteiger partial charge in [0.2, 0.25) is 15.9 Å². The third-order valence-corrected chi connectivity index (χ3v) is 5.19. The molecule has 1 aliphatic rings. The fourth-order valence-corrected chi connectivity index (χ4v) is 3.45. The van der Waals surface area contributed by atoms with E-state index in [0.717, 1.165) is 10.4 Å². The van der Waals surface area contributed by atoms with E-state index in [1.807, 2.05) is 0 Å². The van der Waals surface area contributed by atoms with E-state index in [9.17, 15) is 26.4 Å². The smallest absolute Gasteiger partial charge is 0.366 e. The van der Waals surface area contributed by atoms with Crippen LogP contribution in [0.3, 0.4) is 0 Å². The van der Waals surface area contributed by atoms with E-state index in [2.05, 4.69) is 0 Å². The van der Waals surface area contributed by atoms with Crippen molar-refractivity contribution in [2.24, 2.45) is 5.73 Å². The molecule has 1 heterocycles. The predicted octanol–water partition coefficient (Wildman–Crippen LogP) is 1.67. The summed E-state index contributed by atoms with van der Waals surface area (Å²) in [7, 11) is -3.90. The largest absolute Gasteiger partial charge is 0.412 e. The number of primary amides is 1. The van der Waals surface area contributed by atoms with Gasteiger partial charge in [0.15, 0.2) is 0 Å². The van der Waals surface area contributed by atoms with E-state index in [0.29, 0.717) is 0 Å². The molecule has 5 nitrogen and oxygen atoms in total. The molecular formula is C13H13F3N2O3S. The molecule has 0 fully saturated rings. The predicted molar refractivity (Wildman–Crippen MR) is 72.5 cm³/mol. The van der Waals surface area contributed by atoms with Crippen LogP contribution in [0.15, 0.2) is 40.8 Å². The number of nitrogens with zero attached hydrogens (tertiary/aromatic N) is 1. The highest BCUT2D eigenvalue weighted by molar-refractivity contribution is 7.89. The number of alkyl halides is 3. The number of hydrogen-bond acceptors (Lipinski definition) is 3. The van der Waals surface area contributed by atoms with Gasteiger partial charge in [-0.2, -0.15) is 17.5 Å². The number of sulfonamides is 1. The minimum atomic E-state index is -4.43. The van der Waals surface area contributed by atoms with E-state index in [1.54, 1.807) is 0 Å². The second-order valence-corrected chi connectivity index (χ2v) is 6.67. The van der Waals surface area contributed by atoms with Crippen LogP contribution in [0, 0.1) is 0 Å². The molecule has 2 N–H and O–H groups in total. The zero-order chi connectivity index (χ0) is 16.5. The lowest BCUT2D eigenvalue weighted by Crippen LogP contribution is -2.36. The summed E-state index contributed by atoms with van der Waals surface area (Å²) >= 11 is 0. The third kappa shape index (κ3) is 3.30. The highest BCUT2D eigenvalue weighted by Gasteiger charge is 2.37. The first-order chi connectivity index (χ1) is 10.1. The van der Waals surface area contributed by atoms with Gasteiger partial charge in [-0.05, 0) is 30.7 Å². The maximum Gasteiger partial charge on any atom is 0.412 e. The molecule has 1 aliphatic heterocycles. The Bertz CT molecular complexity index is 709. The molecule has 120 valence electrons. The van der Waals surface area contributed by atoms with Crippen molar-refractivity contribution in [1.82, 2.24) is 4.31 Å². The molecule has 9 heteroatoms. The van der Waals surface area contributed by atoms with Crippen molar-refractivity contribution in [3.05, 3.63) is 41.5 Å². The minimum Gasteiger partial charge on any atom is -0.366 e. The van der Waals surface area contributed by atoms with Gasteiger partial charge in [-0.15, -0.1) is 0 Å². The minimum absolute atomic E-state index is 0.0960. The Morgan fingerprint density at radius 2 is 1.77 bits per heavy atom. The van der Waals surface area contributed by atoms with E-state index < -0.39 is 27.7 Å². The molecule has 0 aromatic heterocycles. The standard InChI is InChI=1S/C13H13F3N2O3S/c14-13(15,16)10-5-7-18(8-6-10)22(20,21)11-3-1-9(2-4-11)12(17)19/h1-5H,6-8H2,(H2,17,19). The number of nitrogens with two attached hydrogens (primary N) is 1. The summed E-state index contributed by atoms with van der Waals surface area (Å²) in [5.74, 6) is -0.695. The molecule has 1 amide bonds. The summed E-state index contributed by atoms with van der Waals surface area (Å²) in [5, 5.41) is 0. The van der Waals surface area contributed by atoms with Crippen molar-refractivity contribution >= 4 is 15.9 Å². The van der Waals surface area contributed by atoms with E-state index in [1.165, 1.54) is 24.3 Å². The van der Waals surface area contributed by atoms with Gasteiger partial charge < -0.3 is 5.73 Å². The lowest BCUT2D eigenvalue weighted by Gasteiger charge is -2.26. The molecule has 0 aliphatic carbocycles. The molecule has 0 bridgehead atoms. The Kier molecular flexibility index (Phi) is 4.30. The number of amides is 1. The van der Waals surface area contributed by atoms with E-state index >= 15 is 0 Å². The number of carbonyl (C=O) groups excluding carboxylic acids is 1. The maximum absolute atomic E-state index is 12.5. The van der Waals surface area contributed by atoms with Gasteiger partial charge in [-0.25, -0.2) is 8.42 Å². The lowest BCUT2D eigenvalue weighted by molar-refractivity contribution is -0.0953. The van der Waals surface area contributed by atoms with Gasteiger partial charge in [0, 0.05) is 24.2 Å². The Labute approximate surface area is 125 Å².